The number of pyridine rings is 1. The third-order valence-electron chi connectivity index (χ3n) is 12.0. The molecule has 0 bridgehead atoms. The maximum Gasteiger partial charge on any atom is 0.179 e. The second-order valence-corrected chi connectivity index (χ2v) is 23.2. The molecule has 3 nitrogen and oxygen atoms in total. The van der Waals surface area contributed by atoms with Crippen LogP contribution in [0.3, 0.4) is 0 Å². The Balaban J connectivity index is 1.20. The normalized spacial score (nSPS) is 11.5. The third-order valence-corrected chi connectivity index (χ3v) is 21.6. The molecular weight excluding hydrogens is 783 g/mol. The Kier molecular flexibility index (Phi) is 10.7. The summed E-state index contributed by atoms with van der Waals surface area (Å²) in [5.41, 5.74) is 4.47. The molecule has 0 fully saturated rings. The first kappa shape index (κ1) is 38.6. The predicted octanol–water partition coefficient (Wildman–Crippen LogP) is 7.63. The van der Waals surface area contributed by atoms with Crippen LogP contribution in [0.1, 0.15) is 0 Å². The van der Waals surface area contributed by atoms with Crippen molar-refractivity contribution in [2.75, 3.05) is 0 Å². The van der Waals surface area contributed by atoms with E-state index in [4.69, 9.17) is 15.0 Å². The van der Waals surface area contributed by atoms with Gasteiger partial charge < -0.3 is 0 Å². The fraction of sp³-hybridized carbons (Fsp3) is 0. The zero-order chi connectivity index (χ0) is 41.6. The second-order valence-electron chi connectivity index (χ2n) is 15.5. The summed E-state index contributed by atoms with van der Waals surface area (Å²) in [6, 6.07) is 92.6. The molecule has 0 radical (unpaired) electrons. The number of aromatic nitrogens is 3. The van der Waals surface area contributed by atoms with Crippen LogP contribution in [0.4, 0.5) is 0 Å². The van der Waals surface area contributed by atoms with Crippen molar-refractivity contribution in [3.63, 3.8) is 0 Å². The zero-order valence-corrected chi connectivity index (χ0v) is 36.2. The van der Waals surface area contributed by atoms with Gasteiger partial charge >= 0.3 is 0 Å². The van der Waals surface area contributed by atoms with E-state index in [1.807, 2.05) is 24.4 Å². The highest BCUT2D eigenvalue weighted by atomic mass is 28.3. The van der Waals surface area contributed by atoms with Gasteiger partial charge in [-0.3, -0.25) is 4.98 Å². The molecule has 0 N–H and O–H groups in total. The molecule has 10 aromatic rings. The van der Waals surface area contributed by atoms with Gasteiger partial charge in [0.1, 0.15) is 5.69 Å². The van der Waals surface area contributed by atoms with Gasteiger partial charge in [-0.15, -0.1) is 0 Å². The minimum absolute atomic E-state index is 0.587. The highest BCUT2D eigenvalue weighted by Gasteiger charge is 2.43. The molecule has 0 aliphatic rings. The lowest BCUT2D eigenvalue weighted by molar-refractivity contribution is 1.15. The van der Waals surface area contributed by atoms with Crippen molar-refractivity contribution >= 4 is 57.6 Å². The molecule has 0 unspecified atom stereocenters. The summed E-state index contributed by atoms with van der Waals surface area (Å²) in [6.45, 7) is 0. The van der Waals surface area contributed by atoms with Crippen LogP contribution < -0.4 is 41.5 Å². The average molecular weight is 826 g/mol. The van der Waals surface area contributed by atoms with E-state index >= 15 is 0 Å². The minimum Gasteiger partial charge on any atom is -0.253 e. The summed E-state index contributed by atoms with van der Waals surface area (Å²) in [4.78, 5) is 15.4. The topological polar surface area (TPSA) is 38.7 Å². The molecule has 5 heteroatoms. The summed E-state index contributed by atoms with van der Waals surface area (Å²) in [5, 5.41) is 10.5. The van der Waals surface area contributed by atoms with Crippen LogP contribution >= 0.6 is 0 Å². The van der Waals surface area contributed by atoms with E-state index in [1.54, 1.807) is 0 Å². The lowest BCUT2D eigenvalue weighted by Gasteiger charge is -2.34. The van der Waals surface area contributed by atoms with E-state index in [1.165, 1.54) is 41.5 Å². The van der Waals surface area contributed by atoms with Crippen molar-refractivity contribution in [1.29, 1.82) is 0 Å². The van der Waals surface area contributed by atoms with E-state index in [0.717, 1.165) is 28.2 Å². The SMILES string of the molecule is c1ccc([Si](c2ccccc2)(c2ccccc2)c2cccc(-c3cc(-c4cccc([Si](c5ccccc5)(c5ccccc5)c5ccccc5)c4)nc(-c4ccccn4)n3)c2)cc1. The monoisotopic (exact) mass is 825 g/mol. The van der Waals surface area contributed by atoms with Crippen molar-refractivity contribution in [3.8, 4) is 34.0 Å². The van der Waals surface area contributed by atoms with Gasteiger partial charge in [0.15, 0.2) is 22.0 Å². The van der Waals surface area contributed by atoms with Gasteiger partial charge in [-0.1, -0.05) is 237 Å². The first-order valence-corrected chi connectivity index (χ1v) is 25.1. The zero-order valence-electron chi connectivity index (χ0n) is 34.2. The third kappa shape index (κ3) is 7.03. The van der Waals surface area contributed by atoms with Gasteiger partial charge in [0.2, 0.25) is 0 Å². The Morgan fingerprint density at radius 3 is 0.855 bits per heavy atom. The lowest BCUT2D eigenvalue weighted by atomic mass is 10.1. The van der Waals surface area contributed by atoms with Gasteiger partial charge in [-0.25, -0.2) is 9.97 Å². The summed E-state index contributed by atoms with van der Waals surface area (Å²) < 4.78 is 0. The minimum atomic E-state index is -2.80. The van der Waals surface area contributed by atoms with Gasteiger partial charge in [-0.05, 0) is 59.7 Å². The highest BCUT2D eigenvalue weighted by Crippen LogP contribution is 2.27. The Morgan fingerprint density at radius 2 is 0.548 bits per heavy atom. The fourth-order valence-electron chi connectivity index (χ4n) is 9.31. The lowest BCUT2D eigenvalue weighted by Crippen LogP contribution is -2.74. The van der Waals surface area contributed by atoms with Gasteiger partial charge in [0.25, 0.3) is 0 Å². The van der Waals surface area contributed by atoms with Crippen LogP contribution in [-0.2, 0) is 0 Å². The molecule has 10 rings (SSSR count). The van der Waals surface area contributed by atoms with Gasteiger partial charge in [-0.2, -0.15) is 0 Å². The van der Waals surface area contributed by atoms with Crippen LogP contribution in [0.15, 0.2) is 261 Å². The number of benzene rings is 8. The van der Waals surface area contributed by atoms with Crippen LogP contribution in [-0.4, -0.2) is 31.1 Å². The molecule has 0 aliphatic carbocycles. The predicted molar refractivity (Wildman–Crippen MR) is 263 cm³/mol. The number of hydrogen-bond acceptors (Lipinski definition) is 3. The first-order chi connectivity index (χ1) is 30.7. The molecule has 2 heterocycles. The largest absolute Gasteiger partial charge is 0.253 e. The maximum atomic E-state index is 5.31. The van der Waals surface area contributed by atoms with E-state index < -0.39 is 16.1 Å². The molecular formula is C57H43N3Si2. The smallest absolute Gasteiger partial charge is 0.179 e. The average Bonchev–Trinajstić information content (AvgIpc) is 3.37. The fourth-order valence-corrected chi connectivity index (χ4v) is 18.9. The quantitative estimate of drug-likeness (QED) is 0.0996. The van der Waals surface area contributed by atoms with Crippen molar-refractivity contribution in [2.24, 2.45) is 0 Å². The summed E-state index contributed by atoms with van der Waals surface area (Å²) in [6.07, 6.45) is 1.81. The van der Waals surface area contributed by atoms with Gasteiger partial charge in [0.05, 0.1) is 11.4 Å². The summed E-state index contributed by atoms with van der Waals surface area (Å²) in [5.74, 6) is 0.587. The van der Waals surface area contributed by atoms with E-state index in [9.17, 15) is 0 Å². The van der Waals surface area contributed by atoms with Crippen LogP contribution in [0.2, 0.25) is 0 Å². The molecule has 0 aliphatic heterocycles. The molecule has 62 heavy (non-hydrogen) atoms. The van der Waals surface area contributed by atoms with E-state index in [2.05, 4.69) is 237 Å². The first-order valence-electron chi connectivity index (χ1n) is 21.1. The van der Waals surface area contributed by atoms with Crippen LogP contribution in [0.25, 0.3) is 34.0 Å². The van der Waals surface area contributed by atoms with Crippen LogP contribution in [0, 0.1) is 0 Å². The highest BCUT2D eigenvalue weighted by molar-refractivity contribution is 7.20. The maximum absolute atomic E-state index is 5.31. The molecule has 0 saturated heterocycles. The van der Waals surface area contributed by atoms with E-state index in [-0.39, 0.29) is 0 Å². The summed E-state index contributed by atoms with van der Waals surface area (Å²) in [7, 11) is -5.59. The van der Waals surface area contributed by atoms with Crippen molar-refractivity contribution < 1.29 is 0 Å². The molecule has 0 atom stereocenters. The molecule has 8 aromatic carbocycles. The van der Waals surface area contributed by atoms with Gasteiger partial charge in [0, 0.05) is 17.3 Å². The standard InChI is InChI=1S/C57H43N3Si2/c1-7-25-46(26-8-1)61(47-27-9-2-10-28-47,48-29-11-3-12-30-48)52-37-21-23-44(41-52)55-43-56(60-57(59-55)54-39-19-20-40-58-54)45-24-22-38-53(42-45)62(49-31-13-4-14-32-49,50-33-15-5-16-34-50)51-35-17-6-18-36-51/h1-43H. The Bertz CT molecular complexity index is 2660. The van der Waals surface area contributed by atoms with E-state index in [0.29, 0.717) is 5.82 Å². The number of nitrogens with zero attached hydrogens (tertiary/aromatic N) is 3. The van der Waals surface area contributed by atoms with Crippen LogP contribution in [0.5, 0.6) is 0 Å². The second kappa shape index (κ2) is 17.2. The Hall–Kier alpha value is -7.58. The molecule has 0 saturated carbocycles. The Morgan fingerprint density at radius 1 is 0.242 bits per heavy atom. The van der Waals surface area contributed by atoms with Crippen molar-refractivity contribution in [2.45, 2.75) is 0 Å². The molecule has 2 aromatic heterocycles. The van der Waals surface area contributed by atoms with Crippen molar-refractivity contribution in [1.82, 2.24) is 15.0 Å². The Labute approximate surface area is 365 Å². The number of rotatable bonds is 11. The van der Waals surface area contributed by atoms with Crippen molar-refractivity contribution in [3.05, 3.63) is 261 Å². The molecule has 0 spiro atoms. The summed E-state index contributed by atoms with van der Waals surface area (Å²) >= 11 is 0. The number of hydrogen-bond donors (Lipinski definition) is 0. The molecule has 294 valence electrons. The molecule has 0 amide bonds.